The van der Waals surface area contributed by atoms with E-state index < -0.39 is 17.7 Å². The molecule has 2 fully saturated rings. The smallest absolute Gasteiger partial charge is 0.364 e. The number of carbonyl (C=O) groups is 1. The van der Waals surface area contributed by atoms with E-state index in [1.807, 2.05) is 0 Å². The maximum atomic E-state index is 14.5. The molecule has 1 aliphatic carbocycles. The van der Waals surface area contributed by atoms with Crippen LogP contribution in [-0.4, -0.2) is 54.4 Å². The molecule has 166 valence electrons. The van der Waals surface area contributed by atoms with Crippen molar-refractivity contribution in [3.8, 4) is 5.69 Å². The third kappa shape index (κ3) is 3.55. The van der Waals surface area contributed by atoms with Crippen molar-refractivity contribution in [3.05, 3.63) is 60.1 Å². The average Bonchev–Trinajstić information content (AvgIpc) is 3.50. The van der Waals surface area contributed by atoms with Crippen LogP contribution < -0.4 is 5.32 Å². The molecule has 1 amide bonds. The standard InChI is InChI=1S/C20H17F4N7O/c21-13-3-1-2-12(18(13)31-27-4-5-28-31)19(32)30-10-11-6-14(15(30)7-11)29-17-9-25-16(8-26-17)20(22,23)24/h1-5,8-9,11,14-15H,6-7,10H2,(H,26,29)/t11-,14+,15-/m0/s1. The van der Waals surface area contributed by atoms with Gasteiger partial charge in [-0.25, -0.2) is 14.4 Å². The van der Waals surface area contributed by atoms with Gasteiger partial charge in [0, 0.05) is 12.6 Å². The van der Waals surface area contributed by atoms with Crippen molar-refractivity contribution in [2.45, 2.75) is 31.1 Å². The minimum Gasteiger partial charge on any atom is -0.364 e. The number of amides is 1. The molecule has 0 spiro atoms. The number of halogens is 4. The Morgan fingerprint density at radius 1 is 1.09 bits per heavy atom. The Morgan fingerprint density at radius 3 is 2.53 bits per heavy atom. The third-order valence-electron chi connectivity index (χ3n) is 5.85. The molecule has 2 aromatic heterocycles. The molecule has 32 heavy (non-hydrogen) atoms. The van der Waals surface area contributed by atoms with Gasteiger partial charge < -0.3 is 10.2 Å². The Hall–Kier alpha value is -3.57. The minimum atomic E-state index is -4.56. The predicted octanol–water partition coefficient (Wildman–Crippen LogP) is 2.93. The van der Waals surface area contributed by atoms with Crippen LogP contribution in [-0.2, 0) is 6.18 Å². The van der Waals surface area contributed by atoms with Crippen LogP contribution in [0.1, 0.15) is 28.9 Å². The number of anilines is 1. The van der Waals surface area contributed by atoms with E-state index in [9.17, 15) is 22.4 Å². The summed E-state index contributed by atoms with van der Waals surface area (Å²) in [4.78, 5) is 23.3. The normalized spacial score (nSPS) is 22.4. The zero-order valence-electron chi connectivity index (χ0n) is 16.5. The summed E-state index contributed by atoms with van der Waals surface area (Å²) in [5.74, 6) is -0.542. The first-order valence-electron chi connectivity index (χ1n) is 9.93. The summed E-state index contributed by atoms with van der Waals surface area (Å²) in [6.45, 7) is 0.517. The van der Waals surface area contributed by atoms with Crippen LogP contribution in [0.3, 0.4) is 0 Å². The summed E-state index contributed by atoms with van der Waals surface area (Å²) in [6.07, 6.45) is 1.42. The third-order valence-corrected chi connectivity index (χ3v) is 5.85. The molecular weight excluding hydrogens is 430 g/mol. The highest BCUT2D eigenvalue weighted by atomic mass is 19.4. The Labute approximate surface area is 179 Å². The number of piperidine rings is 1. The minimum absolute atomic E-state index is 0.0246. The van der Waals surface area contributed by atoms with Gasteiger partial charge in [0.15, 0.2) is 11.5 Å². The number of carbonyl (C=O) groups excluding carboxylic acids is 1. The lowest BCUT2D eigenvalue weighted by Crippen LogP contribution is -2.48. The maximum absolute atomic E-state index is 14.5. The Morgan fingerprint density at radius 2 is 1.88 bits per heavy atom. The summed E-state index contributed by atoms with van der Waals surface area (Å²) < 4.78 is 52.7. The van der Waals surface area contributed by atoms with Gasteiger partial charge in [-0.3, -0.25) is 4.79 Å². The van der Waals surface area contributed by atoms with Gasteiger partial charge in [-0.05, 0) is 30.9 Å². The van der Waals surface area contributed by atoms with Crippen molar-refractivity contribution in [1.82, 2.24) is 29.9 Å². The number of nitrogens with one attached hydrogen (secondary N) is 1. The van der Waals surface area contributed by atoms with E-state index >= 15 is 0 Å². The van der Waals surface area contributed by atoms with Crippen molar-refractivity contribution < 1.29 is 22.4 Å². The molecule has 1 N–H and O–H groups in total. The number of para-hydroxylation sites is 1. The van der Waals surface area contributed by atoms with Gasteiger partial charge in [0.2, 0.25) is 0 Å². The summed E-state index contributed by atoms with van der Waals surface area (Å²) >= 11 is 0. The van der Waals surface area contributed by atoms with Gasteiger partial charge in [-0.2, -0.15) is 23.4 Å². The largest absolute Gasteiger partial charge is 0.434 e. The number of hydrogen-bond acceptors (Lipinski definition) is 6. The fourth-order valence-corrected chi connectivity index (χ4v) is 4.53. The number of hydrogen-bond donors (Lipinski definition) is 1. The van der Waals surface area contributed by atoms with Gasteiger partial charge in [0.25, 0.3) is 5.91 Å². The topological polar surface area (TPSA) is 88.8 Å². The Kier molecular flexibility index (Phi) is 4.79. The SMILES string of the molecule is O=C(c1cccc(F)c1-n1nccn1)N1C[C@H]2C[C@@H](Nc3cnc(C(F)(F)F)cn3)[C@@H]1C2. The fraction of sp³-hybridized carbons (Fsp3) is 0.350. The first kappa shape index (κ1) is 20.3. The number of nitrogens with zero attached hydrogens (tertiary/aromatic N) is 6. The van der Waals surface area contributed by atoms with Gasteiger partial charge >= 0.3 is 6.18 Å². The Balaban J connectivity index is 1.37. The molecular formula is C20H17F4N7O. The van der Waals surface area contributed by atoms with E-state index in [0.717, 1.165) is 23.8 Å². The highest BCUT2D eigenvalue weighted by molar-refractivity contribution is 5.98. The molecule has 5 rings (SSSR count). The summed E-state index contributed by atoms with van der Waals surface area (Å²) in [5.41, 5.74) is -0.955. The average molecular weight is 447 g/mol. The van der Waals surface area contributed by atoms with Crippen LogP contribution in [0.15, 0.2) is 43.0 Å². The molecule has 1 saturated heterocycles. The van der Waals surface area contributed by atoms with E-state index in [2.05, 4.69) is 25.5 Å². The molecule has 1 aliphatic heterocycles. The zero-order chi connectivity index (χ0) is 22.5. The van der Waals surface area contributed by atoms with Crippen LogP contribution in [0.5, 0.6) is 0 Å². The van der Waals surface area contributed by atoms with E-state index in [4.69, 9.17) is 0 Å². The van der Waals surface area contributed by atoms with Gasteiger partial charge in [0.1, 0.15) is 11.5 Å². The van der Waals surface area contributed by atoms with Crippen molar-refractivity contribution in [3.63, 3.8) is 0 Å². The first-order valence-corrected chi connectivity index (χ1v) is 9.93. The molecule has 0 radical (unpaired) electrons. The lowest BCUT2D eigenvalue weighted by atomic mass is 10.0. The van der Waals surface area contributed by atoms with E-state index in [-0.39, 0.29) is 41.0 Å². The van der Waals surface area contributed by atoms with Crippen molar-refractivity contribution in [1.29, 1.82) is 0 Å². The number of aromatic nitrogens is 5. The molecule has 3 atom stereocenters. The van der Waals surface area contributed by atoms with Crippen LogP contribution in [0, 0.1) is 11.7 Å². The van der Waals surface area contributed by atoms with E-state index in [1.54, 1.807) is 4.90 Å². The summed E-state index contributed by atoms with van der Waals surface area (Å²) in [5, 5.41) is 11.0. The Bertz CT molecular complexity index is 1130. The monoisotopic (exact) mass is 447 g/mol. The van der Waals surface area contributed by atoms with Crippen LogP contribution in [0.25, 0.3) is 5.69 Å². The number of fused-ring (bicyclic) bond motifs is 2. The highest BCUT2D eigenvalue weighted by Crippen LogP contribution is 2.40. The zero-order valence-corrected chi connectivity index (χ0v) is 16.5. The quantitative estimate of drug-likeness (QED) is 0.619. The highest BCUT2D eigenvalue weighted by Gasteiger charge is 2.47. The second kappa shape index (κ2) is 7.53. The molecule has 0 unspecified atom stereocenters. The number of alkyl halides is 3. The van der Waals surface area contributed by atoms with Crippen LogP contribution in [0.2, 0.25) is 0 Å². The van der Waals surface area contributed by atoms with Crippen LogP contribution in [0.4, 0.5) is 23.4 Å². The molecule has 3 aromatic rings. The maximum Gasteiger partial charge on any atom is 0.434 e. The molecule has 1 saturated carbocycles. The first-order chi connectivity index (χ1) is 15.3. The number of likely N-dealkylation sites (tertiary alicyclic amines) is 1. The van der Waals surface area contributed by atoms with Gasteiger partial charge in [0.05, 0.1) is 36.4 Å². The fourth-order valence-electron chi connectivity index (χ4n) is 4.53. The second-order valence-corrected chi connectivity index (χ2v) is 7.85. The molecule has 3 heterocycles. The molecule has 12 heteroatoms. The lowest BCUT2D eigenvalue weighted by molar-refractivity contribution is -0.141. The predicted molar refractivity (Wildman–Crippen MR) is 103 cm³/mol. The summed E-state index contributed by atoms with van der Waals surface area (Å²) in [7, 11) is 0. The molecule has 2 bridgehead atoms. The molecule has 8 nitrogen and oxygen atoms in total. The molecule has 1 aromatic carbocycles. The number of benzene rings is 1. The summed E-state index contributed by atoms with van der Waals surface area (Å²) in [6, 6.07) is 3.80. The van der Waals surface area contributed by atoms with E-state index in [1.165, 1.54) is 30.6 Å². The van der Waals surface area contributed by atoms with Crippen LogP contribution >= 0.6 is 0 Å². The van der Waals surface area contributed by atoms with Gasteiger partial charge in [-0.15, -0.1) is 4.80 Å². The second-order valence-electron chi connectivity index (χ2n) is 7.85. The van der Waals surface area contributed by atoms with E-state index in [0.29, 0.717) is 12.7 Å². The van der Waals surface area contributed by atoms with Crippen molar-refractivity contribution in [2.75, 3.05) is 11.9 Å². The lowest BCUT2D eigenvalue weighted by Gasteiger charge is -2.34. The van der Waals surface area contributed by atoms with Crippen molar-refractivity contribution in [2.24, 2.45) is 5.92 Å². The van der Waals surface area contributed by atoms with Crippen molar-refractivity contribution >= 4 is 11.7 Å². The number of rotatable bonds is 4. The van der Waals surface area contributed by atoms with Gasteiger partial charge in [-0.1, -0.05) is 6.07 Å². The molecule has 2 aliphatic rings.